The Morgan fingerprint density at radius 2 is 2.12 bits per heavy atom. The van der Waals surface area contributed by atoms with Crippen LogP contribution in [0.4, 0.5) is 0 Å². The van der Waals surface area contributed by atoms with Crippen molar-refractivity contribution in [1.29, 1.82) is 0 Å². The number of hydrogen-bond donors (Lipinski definition) is 1. The Bertz CT molecular complexity index is 349. The van der Waals surface area contributed by atoms with Gasteiger partial charge in [0.25, 0.3) is 5.88 Å². The minimum atomic E-state index is 0.134. The van der Waals surface area contributed by atoms with Gasteiger partial charge in [0.1, 0.15) is 6.10 Å². The second-order valence-corrected chi connectivity index (χ2v) is 4.54. The van der Waals surface area contributed by atoms with Gasteiger partial charge in [-0.15, -0.1) is 0 Å². The van der Waals surface area contributed by atoms with Crippen molar-refractivity contribution in [3.8, 4) is 11.6 Å². The summed E-state index contributed by atoms with van der Waals surface area (Å²) >= 11 is 0. The molecule has 17 heavy (non-hydrogen) atoms. The Morgan fingerprint density at radius 3 is 2.82 bits per heavy atom. The first-order chi connectivity index (χ1) is 8.25. The first-order valence-electron chi connectivity index (χ1n) is 6.25. The highest BCUT2D eigenvalue weighted by molar-refractivity contribution is 5.32. The fraction of sp³-hybridized carbons (Fsp3) is 0.615. The monoisotopic (exact) mass is 236 g/mol. The van der Waals surface area contributed by atoms with Crippen molar-refractivity contribution < 1.29 is 9.47 Å². The Kier molecular flexibility index (Phi) is 4.20. The Balaban J connectivity index is 2.03. The van der Waals surface area contributed by atoms with Gasteiger partial charge in [-0.3, -0.25) is 0 Å². The third-order valence-electron chi connectivity index (χ3n) is 2.66. The molecule has 0 spiro atoms. The van der Waals surface area contributed by atoms with Crippen LogP contribution in [0.15, 0.2) is 18.3 Å². The van der Waals surface area contributed by atoms with Crippen molar-refractivity contribution in [2.45, 2.75) is 38.9 Å². The van der Waals surface area contributed by atoms with E-state index in [4.69, 9.17) is 9.47 Å². The minimum Gasteiger partial charge on any atom is -0.485 e. The van der Waals surface area contributed by atoms with Crippen molar-refractivity contribution in [1.82, 2.24) is 10.3 Å². The molecule has 0 aliphatic carbocycles. The lowest BCUT2D eigenvalue weighted by Gasteiger charge is -2.24. The molecule has 1 saturated heterocycles. The summed E-state index contributed by atoms with van der Waals surface area (Å²) in [7, 11) is 0. The molecule has 0 unspecified atom stereocenters. The third-order valence-corrected chi connectivity index (χ3v) is 2.66. The average molecular weight is 236 g/mol. The Labute approximate surface area is 102 Å². The van der Waals surface area contributed by atoms with Crippen molar-refractivity contribution >= 4 is 0 Å². The number of aromatic nitrogens is 1. The molecule has 1 aliphatic rings. The molecule has 0 radical (unpaired) electrons. The van der Waals surface area contributed by atoms with Crippen LogP contribution in [-0.2, 0) is 0 Å². The summed E-state index contributed by atoms with van der Waals surface area (Å²) < 4.78 is 11.6. The molecule has 2 rings (SSSR count). The third kappa shape index (κ3) is 3.60. The van der Waals surface area contributed by atoms with Crippen LogP contribution in [0.25, 0.3) is 0 Å². The van der Waals surface area contributed by atoms with Crippen molar-refractivity contribution in [2.75, 3.05) is 13.1 Å². The van der Waals surface area contributed by atoms with E-state index >= 15 is 0 Å². The van der Waals surface area contributed by atoms with Gasteiger partial charge in [-0.25, -0.2) is 4.98 Å². The average Bonchev–Trinajstić information content (AvgIpc) is 2.32. The van der Waals surface area contributed by atoms with Gasteiger partial charge in [0.05, 0.1) is 6.10 Å². The van der Waals surface area contributed by atoms with Gasteiger partial charge >= 0.3 is 0 Å². The van der Waals surface area contributed by atoms with Crippen LogP contribution < -0.4 is 14.8 Å². The summed E-state index contributed by atoms with van der Waals surface area (Å²) in [5.74, 6) is 1.36. The summed E-state index contributed by atoms with van der Waals surface area (Å²) in [4.78, 5) is 4.26. The Hall–Kier alpha value is -1.29. The molecule has 0 saturated carbocycles. The first kappa shape index (κ1) is 12.2. The molecule has 1 aromatic heterocycles. The highest BCUT2D eigenvalue weighted by atomic mass is 16.5. The number of rotatable bonds is 4. The van der Waals surface area contributed by atoms with Crippen LogP contribution in [0.5, 0.6) is 11.6 Å². The summed E-state index contributed by atoms with van der Waals surface area (Å²) in [6.45, 7) is 6.03. The molecule has 1 N–H and O–H groups in total. The van der Waals surface area contributed by atoms with Crippen molar-refractivity contribution in [3.63, 3.8) is 0 Å². The molecule has 0 bridgehead atoms. The summed E-state index contributed by atoms with van der Waals surface area (Å²) in [5, 5.41) is 3.32. The van der Waals surface area contributed by atoms with Crippen LogP contribution >= 0.6 is 0 Å². The molecule has 94 valence electrons. The van der Waals surface area contributed by atoms with Crippen LogP contribution in [0, 0.1) is 0 Å². The number of pyridine rings is 1. The second-order valence-electron chi connectivity index (χ2n) is 4.54. The SMILES string of the molecule is CC(C)Oc1cccnc1OC1CCNCC1. The van der Waals surface area contributed by atoms with E-state index in [9.17, 15) is 0 Å². The van der Waals surface area contributed by atoms with Gasteiger partial charge in [-0.1, -0.05) is 0 Å². The largest absolute Gasteiger partial charge is 0.485 e. The Morgan fingerprint density at radius 1 is 1.35 bits per heavy atom. The molecule has 1 fully saturated rings. The van der Waals surface area contributed by atoms with E-state index in [0.29, 0.717) is 5.88 Å². The lowest BCUT2D eigenvalue weighted by Crippen LogP contribution is -2.34. The maximum atomic E-state index is 5.91. The molecule has 4 nitrogen and oxygen atoms in total. The quantitative estimate of drug-likeness (QED) is 0.868. The smallest absolute Gasteiger partial charge is 0.257 e. The van der Waals surface area contributed by atoms with E-state index in [1.165, 1.54) is 0 Å². The zero-order chi connectivity index (χ0) is 12.1. The molecule has 0 amide bonds. The normalized spacial score (nSPS) is 17.1. The molecule has 1 aliphatic heterocycles. The van der Waals surface area contributed by atoms with E-state index in [1.54, 1.807) is 6.20 Å². The fourth-order valence-corrected chi connectivity index (χ4v) is 1.88. The predicted molar refractivity (Wildman–Crippen MR) is 66.5 cm³/mol. The van der Waals surface area contributed by atoms with Gasteiger partial charge in [0.2, 0.25) is 0 Å². The van der Waals surface area contributed by atoms with E-state index in [1.807, 2.05) is 26.0 Å². The number of hydrogen-bond acceptors (Lipinski definition) is 4. The van der Waals surface area contributed by atoms with E-state index in [2.05, 4.69) is 10.3 Å². The highest BCUT2D eigenvalue weighted by Gasteiger charge is 2.17. The second kappa shape index (κ2) is 5.87. The van der Waals surface area contributed by atoms with Crippen LogP contribution in [0.2, 0.25) is 0 Å². The zero-order valence-corrected chi connectivity index (χ0v) is 10.5. The maximum Gasteiger partial charge on any atom is 0.257 e. The predicted octanol–water partition coefficient (Wildman–Crippen LogP) is 2.00. The van der Waals surface area contributed by atoms with Gasteiger partial charge in [0, 0.05) is 6.20 Å². The lowest BCUT2D eigenvalue weighted by molar-refractivity contribution is 0.141. The first-order valence-corrected chi connectivity index (χ1v) is 6.25. The topological polar surface area (TPSA) is 43.4 Å². The van der Waals surface area contributed by atoms with Crippen LogP contribution in [-0.4, -0.2) is 30.3 Å². The molecule has 2 heterocycles. The summed E-state index contributed by atoms with van der Waals surface area (Å²) in [6, 6.07) is 3.77. The molecule has 4 heteroatoms. The maximum absolute atomic E-state index is 5.91. The number of nitrogens with zero attached hydrogens (tertiary/aromatic N) is 1. The molecule has 0 aromatic carbocycles. The fourth-order valence-electron chi connectivity index (χ4n) is 1.88. The van der Waals surface area contributed by atoms with Gasteiger partial charge in [0.15, 0.2) is 5.75 Å². The number of ether oxygens (including phenoxy) is 2. The van der Waals surface area contributed by atoms with E-state index in [0.717, 1.165) is 31.7 Å². The molecule has 0 atom stereocenters. The van der Waals surface area contributed by atoms with Crippen molar-refractivity contribution in [2.24, 2.45) is 0 Å². The molecular weight excluding hydrogens is 216 g/mol. The van der Waals surface area contributed by atoms with Crippen molar-refractivity contribution in [3.05, 3.63) is 18.3 Å². The lowest BCUT2D eigenvalue weighted by atomic mass is 10.1. The summed E-state index contributed by atoms with van der Waals surface area (Å²) in [6.07, 6.45) is 4.18. The summed E-state index contributed by atoms with van der Waals surface area (Å²) in [5.41, 5.74) is 0. The molecular formula is C13H20N2O2. The number of nitrogens with one attached hydrogen (secondary N) is 1. The van der Waals surface area contributed by atoms with E-state index in [-0.39, 0.29) is 12.2 Å². The van der Waals surface area contributed by atoms with E-state index < -0.39 is 0 Å². The standard InChI is InChI=1S/C13H20N2O2/c1-10(2)16-12-4-3-7-15-13(12)17-11-5-8-14-9-6-11/h3-4,7,10-11,14H,5-6,8-9H2,1-2H3. The minimum absolute atomic E-state index is 0.134. The van der Waals surface area contributed by atoms with Gasteiger partial charge in [-0.2, -0.15) is 0 Å². The zero-order valence-electron chi connectivity index (χ0n) is 10.5. The van der Waals surface area contributed by atoms with Gasteiger partial charge < -0.3 is 14.8 Å². The van der Waals surface area contributed by atoms with Crippen LogP contribution in [0.3, 0.4) is 0 Å². The highest BCUT2D eigenvalue weighted by Crippen LogP contribution is 2.26. The molecule has 1 aromatic rings. The van der Waals surface area contributed by atoms with Crippen LogP contribution in [0.1, 0.15) is 26.7 Å². The van der Waals surface area contributed by atoms with Gasteiger partial charge in [-0.05, 0) is 51.9 Å². The number of piperidine rings is 1.